The maximum absolute atomic E-state index is 13.8. The van der Waals surface area contributed by atoms with Crippen LogP contribution in [0.15, 0.2) is 37.1 Å². The number of aromatic nitrogens is 3. The van der Waals surface area contributed by atoms with Gasteiger partial charge in [0.05, 0.1) is 22.9 Å². The van der Waals surface area contributed by atoms with E-state index in [-0.39, 0.29) is 46.8 Å². The molecule has 11 heteroatoms. The number of pyridine rings is 1. The summed E-state index contributed by atoms with van der Waals surface area (Å²) in [4.78, 5) is 37.3. The molecule has 1 amide bonds. The second-order valence-corrected chi connectivity index (χ2v) is 23.8. The van der Waals surface area contributed by atoms with Gasteiger partial charge in [0.15, 0.2) is 22.4 Å². The number of carbonyl (C=O) groups is 2. The highest BCUT2D eigenvalue weighted by atomic mass is 32.1. The highest BCUT2D eigenvalue weighted by Gasteiger charge is 2.50. The Labute approximate surface area is 256 Å². The lowest BCUT2D eigenvalue weighted by Gasteiger charge is -2.46. The molecule has 0 aliphatic carbocycles. The van der Waals surface area contributed by atoms with E-state index in [9.17, 15) is 9.59 Å². The van der Waals surface area contributed by atoms with E-state index in [2.05, 4.69) is 64.9 Å². The van der Waals surface area contributed by atoms with E-state index in [1.54, 1.807) is 12.5 Å². The Hall–Kier alpha value is -2.19. The van der Waals surface area contributed by atoms with Gasteiger partial charge in [0.1, 0.15) is 23.0 Å². The number of hydrogen-bond donors (Lipinski definition) is 1. The number of fused-ring (bicyclic) bond motifs is 1. The number of ketones is 1. The number of imidazole rings is 1. The van der Waals surface area contributed by atoms with Gasteiger partial charge in [0.2, 0.25) is 5.91 Å². The topological polar surface area (TPSA) is 94.8 Å². The Kier molecular flexibility index (Phi) is 9.69. The Morgan fingerprint density at radius 1 is 1.14 bits per heavy atom. The van der Waals surface area contributed by atoms with Gasteiger partial charge >= 0.3 is 0 Å². The number of Topliss-reactive ketones (excluding diaryl/α,β-unsaturated/α-hetero) is 1. The fourth-order valence-electron chi connectivity index (χ4n) is 5.64. The molecule has 0 aromatic carbocycles. The number of β-lactam (4-membered cyclic amide) rings is 1. The van der Waals surface area contributed by atoms with Crippen LogP contribution in [0.1, 0.15) is 82.4 Å². The average molecular weight is 629 g/mol. The summed E-state index contributed by atoms with van der Waals surface area (Å²) < 4.78 is 15.5. The average Bonchev–Trinajstić information content (AvgIpc) is 3.53. The summed E-state index contributed by atoms with van der Waals surface area (Å²) in [6, 6.07) is 6.76. The Morgan fingerprint density at radius 3 is 2.36 bits per heavy atom. The molecule has 0 radical (unpaired) electrons. The summed E-state index contributed by atoms with van der Waals surface area (Å²) in [5, 5.41) is 3.05. The van der Waals surface area contributed by atoms with E-state index in [0.29, 0.717) is 4.88 Å². The normalized spacial score (nSPS) is 20.2. The molecule has 5 atom stereocenters. The predicted molar refractivity (Wildman–Crippen MR) is 174 cm³/mol. The summed E-state index contributed by atoms with van der Waals surface area (Å²) in [5.41, 5.74) is 1.79. The molecular formula is C31H48N4O4SSi2. The van der Waals surface area contributed by atoms with Crippen LogP contribution >= 0.6 is 11.3 Å². The maximum atomic E-state index is 13.8. The molecule has 230 valence electrons. The zero-order valence-electron chi connectivity index (χ0n) is 26.9. The van der Waals surface area contributed by atoms with Crippen LogP contribution in [-0.2, 0) is 13.6 Å². The molecule has 1 unspecified atom stereocenters. The van der Waals surface area contributed by atoms with Gasteiger partial charge in [0, 0.05) is 30.1 Å². The number of thiazole rings is 1. The molecule has 4 heterocycles. The zero-order valence-corrected chi connectivity index (χ0v) is 29.7. The summed E-state index contributed by atoms with van der Waals surface area (Å²) in [5.74, 6) is -0.755. The monoisotopic (exact) mass is 628 g/mol. The van der Waals surface area contributed by atoms with Crippen molar-refractivity contribution in [2.45, 2.75) is 110 Å². The van der Waals surface area contributed by atoms with Gasteiger partial charge in [0.25, 0.3) is 0 Å². The molecule has 0 bridgehead atoms. The Balaban J connectivity index is 1.60. The van der Waals surface area contributed by atoms with Gasteiger partial charge in [-0.15, -0.1) is 11.3 Å². The highest BCUT2D eigenvalue weighted by Crippen LogP contribution is 2.41. The van der Waals surface area contributed by atoms with Crippen molar-refractivity contribution in [2.75, 3.05) is 0 Å². The van der Waals surface area contributed by atoms with E-state index in [1.165, 1.54) is 11.3 Å². The van der Waals surface area contributed by atoms with E-state index >= 15 is 0 Å². The second-order valence-electron chi connectivity index (χ2n) is 13.3. The minimum absolute atomic E-state index is 0.0161. The SMILES string of the molecule is CC[Si](CC)(CC)OC(c1cccnc1)c1ncn2cc(C(=O)[C@H](C)[C@H]3NC(=O)[C@@H]3[C@@H](C)O[Si](C)(C)C(C)(C)C)sc12. The first kappa shape index (κ1) is 32.7. The Morgan fingerprint density at radius 2 is 1.81 bits per heavy atom. The first-order chi connectivity index (χ1) is 19.7. The van der Waals surface area contributed by atoms with Crippen LogP contribution in [0.3, 0.4) is 0 Å². The summed E-state index contributed by atoms with van der Waals surface area (Å²) >= 11 is 1.44. The molecule has 1 aliphatic rings. The third-order valence-electron chi connectivity index (χ3n) is 9.76. The van der Waals surface area contributed by atoms with Crippen LogP contribution in [0.25, 0.3) is 4.83 Å². The van der Waals surface area contributed by atoms with Crippen molar-refractivity contribution in [3.05, 3.63) is 53.2 Å². The van der Waals surface area contributed by atoms with Crippen LogP contribution in [0.5, 0.6) is 0 Å². The van der Waals surface area contributed by atoms with Crippen molar-refractivity contribution in [3.8, 4) is 0 Å². The molecule has 42 heavy (non-hydrogen) atoms. The van der Waals surface area contributed by atoms with Crippen LogP contribution < -0.4 is 5.32 Å². The van der Waals surface area contributed by atoms with E-state index in [4.69, 9.17) is 13.8 Å². The number of nitrogens with zero attached hydrogens (tertiary/aromatic N) is 3. The molecule has 4 rings (SSSR count). The fraction of sp³-hybridized carbons (Fsp3) is 0.613. The zero-order chi connectivity index (χ0) is 31.0. The first-order valence-corrected chi connectivity index (χ1v) is 21.5. The summed E-state index contributed by atoms with van der Waals surface area (Å²) in [7, 11) is -4.06. The largest absolute Gasteiger partial charge is 0.413 e. The number of amides is 1. The van der Waals surface area contributed by atoms with Crippen LogP contribution in [-0.4, -0.2) is 54.8 Å². The van der Waals surface area contributed by atoms with Crippen molar-refractivity contribution in [2.24, 2.45) is 11.8 Å². The lowest BCUT2D eigenvalue weighted by molar-refractivity contribution is -0.141. The van der Waals surface area contributed by atoms with Crippen molar-refractivity contribution in [3.63, 3.8) is 0 Å². The molecule has 1 fully saturated rings. The quantitative estimate of drug-likeness (QED) is 0.122. The van der Waals surface area contributed by atoms with Gasteiger partial charge in [-0.05, 0) is 49.3 Å². The number of rotatable bonds is 13. The Bertz CT molecular complexity index is 1390. The lowest BCUT2D eigenvalue weighted by atomic mass is 9.77. The third-order valence-corrected chi connectivity index (χ3v) is 20.1. The van der Waals surface area contributed by atoms with Gasteiger partial charge in [-0.3, -0.25) is 19.0 Å². The predicted octanol–water partition coefficient (Wildman–Crippen LogP) is 7.25. The fourth-order valence-corrected chi connectivity index (χ4v) is 10.9. The second kappa shape index (κ2) is 12.4. The van der Waals surface area contributed by atoms with Crippen molar-refractivity contribution < 1.29 is 18.4 Å². The minimum atomic E-state index is -2.07. The van der Waals surface area contributed by atoms with Crippen LogP contribution in [0, 0.1) is 11.8 Å². The first-order valence-electron chi connectivity index (χ1n) is 15.2. The molecule has 3 aromatic heterocycles. The van der Waals surface area contributed by atoms with Crippen LogP contribution in [0.4, 0.5) is 0 Å². The highest BCUT2D eigenvalue weighted by molar-refractivity contribution is 7.19. The van der Waals surface area contributed by atoms with E-state index in [1.807, 2.05) is 42.8 Å². The van der Waals surface area contributed by atoms with E-state index < -0.39 is 16.6 Å². The molecular weight excluding hydrogens is 581 g/mol. The van der Waals surface area contributed by atoms with Gasteiger partial charge in [-0.2, -0.15) is 0 Å². The van der Waals surface area contributed by atoms with Crippen LogP contribution in [0.2, 0.25) is 36.3 Å². The van der Waals surface area contributed by atoms with Gasteiger partial charge in [-0.25, -0.2) is 4.98 Å². The van der Waals surface area contributed by atoms with E-state index in [0.717, 1.165) is 34.2 Å². The molecule has 3 aromatic rings. The van der Waals surface area contributed by atoms with Gasteiger partial charge in [-0.1, -0.05) is 54.5 Å². The third kappa shape index (κ3) is 6.21. The molecule has 0 saturated carbocycles. The van der Waals surface area contributed by atoms with Gasteiger partial charge < -0.3 is 14.2 Å². The maximum Gasteiger partial charge on any atom is 0.228 e. The van der Waals surface area contributed by atoms with Crippen molar-refractivity contribution in [1.82, 2.24) is 19.7 Å². The van der Waals surface area contributed by atoms with Crippen molar-refractivity contribution in [1.29, 1.82) is 0 Å². The lowest BCUT2D eigenvalue weighted by Crippen LogP contribution is -2.66. The summed E-state index contributed by atoms with van der Waals surface area (Å²) in [6.45, 7) is 21.5. The molecule has 0 spiro atoms. The molecule has 1 saturated heterocycles. The molecule has 8 nitrogen and oxygen atoms in total. The van der Waals surface area contributed by atoms with Crippen molar-refractivity contribution >= 4 is 44.5 Å². The minimum Gasteiger partial charge on any atom is -0.413 e. The number of carbonyl (C=O) groups excluding carboxylic acids is 2. The number of hydrogen-bond acceptors (Lipinski definition) is 7. The smallest absolute Gasteiger partial charge is 0.228 e. The summed E-state index contributed by atoms with van der Waals surface area (Å²) in [6.07, 6.45) is 6.65. The molecule has 1 aliphatic heterocycles. The number of nitrogens with one attached hydrogen (secondary N) is 1. The standard InChI is InChI=1S/C31H48N4O4SSi2/c1-11-42(12-2,13-3)39-28(22-15-14-16-32-17-22)26-30-35(19-33-26)18-23(40-30)27(36)20(4)25-24(29(37)34-25)21(5)38-41(9,10)31(6,7)8/h14-21,24-25,28H,11-13H2,1-10H3,(H,34,37)/t20-,21-,24-,25-,28?/m1/s1. The molecule has 1 N–H and O–H groups in total.